The molecule has 4 rings (SSSR count). The molecule has 0 aromatic rings. The second kappa shape index (κ2) is 9.37. The Hall–Kier alpha value is -1.75. The van der Waals surface area contributed by atoms with E-state index >= 15 is 0 Å². The molecule has 5 nitrogen and oxygen atoms in total. The molecule has 0 unspecified atom stereocenters. The van der Waals surface area contributed by atoms with E-state index in [1.54, 1.807) is 0 Å². The zero-order valence-electron chi connectivity index (χ0n) is 21.7. The van der Waals surface area contributed by atoms with Gasteiger partial charge in [-0.15, -0.1) is 0 Å². The highest BCUT2D eigenvalue weighted by molar-refractivity contribution is 6.08. The smallest absolute Gasteiger partial charge is 0.216 e. The molecule has 0 heterocycles. The molecule has 0 aliphatic heterocycles. The van der Waals surface area contributed by atoms with Crippen LogP contribution >= 0.6 is 0 Å². The third-order valence-corrected chi connectivity index (χ3v) is 10.1. The van der Waals surface area contributed by atoms with Gasteiger partial charge in [0.1, 0.15) is 0 Å². The Bertz CT molecular complexity index is 932. The Balaban J connectivity index is 1.52. The minimum Gasteiger partial charge on any atom is -0.393 e. The predicted molar refractivity (Wildman–Crippen MR) is 133 cm³/mol. The highest BCUT2D eigenvalue weighted by atomic mass is 16.3. The van der Waals surface area contributed by atoms with Crippen LogP contribution in [0.3, 0.4) is 0 Å². The van der Waals surface area contributed by atoms with Gasteiger partial charge in [0.05, 0.1) is 6.10 Å². The average Bonchev–Trinajstić information content (AvgIpc) is 3.05. The van der Waals surface area contributed by atoms with Crippen molar-refractivity contribution in [2.45, 2.75) is 98.5 Å². The standard InChI is InChI=1S/C29H43NO4/c1-17(16-30-19(3)31)6-9-25(33)18(2)27-26(34)15-24-22-8-7-20-14-21(32)10-12-28(20,4)23(22)11-13-29(24,27)5/h7,17,21-24,32H,6,8-16H2,1-5H3,(H,30,31)/b27-18-/t17-,21+,22+,23-,24-,28+,29-/m1/s1. The molecule has 3 saturated carbocycles. The first-order chi connectivity index (χ1) is 16.0. The number of nitrogens with one attached hydrogen (secondary N) is 1. The second-order valence-corrected chi connectivity index (χ2v) is 12.2. The number of allylic oxidation sites excluding steroid dienone is 3. The van der Waals surface area contributed by atoms with E-state index in [1.165, 1.54) is 12.5 Å². The minimum atomic E-state index is -0.213. The van der Waals surface area contributed by atoms with Crippen LogP contribution in [-0.4, -0.2) is 35.2 Å². The molecule has 2 N–H and O–H groups in total. The minimum absolute atomic E-state index is 0.0504. The molecule has 0 bridgehead atoms. The van der Waals surface area contributed by atoms with Crippen LogP contribution in [-0.2, 0) is 14.4 Å². The summed E-state index contributed by atoms with van der Waals surface area (Å²) in [6.45, 7) is 10.6. The fourth-order valence-electron chi connectivity index (χ4n) is 8.03. The molecular formula is C29H43NO4. The topological polar surface area (TPSA) is 83.5 Å². The lowest BCUT2D eigenvalue weighted by molar-refractivity contribution is -0.119. The van der Waals surface area contributed by atoms with Crippen molar-refractivity contribution in [2.24, 2.45) is 34.5 Å². The lowest BCUT2D eigenvalue weighted by Gasteiger charge is -2.57. The molecule has 0 aromatic carbocycles. The Kier molecular flexibility index (Phi) is 6.98. The quantitative estimate of drug-likeness (QED) is 0.427. The van der Waals surface area contributed by atoms with E-state index in [9.17, 15) is 19.5 Å². The summed E-state index contributed by atoms with van der Waals surface area (Å²) in [5.41, 5.74) is 2.87. The second-order valence-electron chi connectivity index (χ2n) is 12.2. The largest absolute Gasteiger partial charge is 0.393 e. The summed E-state index contributed by atoms with van der Waals surface area (Å²) >= 11 is 0. The number of carbonyl (C=O) groups excluding carboxylic acids is 3. The fourth-order valence-corrected chi connectivity index (χ4v) is 8.03. The summed E-state index contributed by atoms with van der Waals surface area (Å²) in [5, 5.41) is 13.0. The van der Waals surface area contributed by atoms with Crippen LogP contribution < -0.4 is 5.32 Å². The summed E-state index contributed by atoms with van der Waals surface area (Å²) in [6.07, 6.45) is 9.64. The van der Waals surface area contributed by atoms with Crippen molar-refractivity contribution in [1.29, 1.82) is 0 Å². The molecule has 4 aliphatic rings. The number of fused-ring (bicyclic) bond motifs is 5. The van der Waals surface area contributed by atoms with Gasteiger partial charge in [-0.25, -0.2) is 0 Å². The number of aliphatic hydroxyl groups is 1. The summed E-state index contributed by atoms with van der Waals surface area (Å²) in [7, 11) is 0. The molecule has 0 aromatic heterocycles. The third kappa shape index (κ3) is 4.34. The highest BCUT2D eigenvalue weighted by Crippen LogP contribution is 2.65. The van der Waals surface area contributed by atoms with Crippen molar-refractivity contribution in [3.63, 3.8) is 0 Å². The highest BCUT2D eigenvalue weighted by Gasteiger charge is 2.59. The van der Waals surface area contributed by atoms with Gasteiger partial charge in [0, 0.05) is 31.9 Å². The van der Waals surface area contributed by atoms with Crippen molar-refractivity contribution in [1.82, 2.24) is 5.32 Å². The van der Waals surface area contributed by atoms with Crippen LogP contribution in [0.5, 0.6) is 0 Å². The van der Waals surface area contributed by atoms with E-state index in [2.05, 4.69) is 25.2 Å². The Morgan fingerprint density at radius 1 is 1.12 bits per heavy atom. The van der Waals surface area contributed by atoms with Crippen LogP contribution in [0.1, 0.15) is 92.4 Å². The molecular weight excluding hydrogens is 426 g/mol. The molecule has 34 heavy (non-hydrogen) atoms. The van der Waals surface area contributed by atoms with E-state index in [4.69, 9.17) is 0 Å². The maximum absolute atomic E-state index is 13.4. The maximum Gasteiger partial charge on any atom is 0.216 e. The normalized spacial score (nSPS) is 39.4. The van der Waals surface area contributed by atoms with Gasteiger partial charge in [-0.3, -0.25) is 14.4 Å². The van der Waals surface area contributed by atoms with Gasteiger partial charge in [0.2, 0.25) is 5.91 Å². The van der Waals surface area contributed by atoms with Crippen LogP contribution in [0.2, 0.25) is 0 Å². The third-order valence-electron chi connectivity index (χ3n) is 10.1. The van der Waals surface area contributed by atoms with Crippen molar-refractivity contribution < 1.29 is 19.5 Å². The Labute approximate surface area is 204 Å². The zero-order chi connectivity index (χ0) is 24.8. The van der Waals surface area contributed by atoms with Crippen molar-refractivity contribution in [3.8, 4) is 0 Å². The first-order valence-electron chi connectivity index (χ1n) is 13.4. The Morgan fingerprint density at radius 2 is 1.82 bits per heavy atom. The molecule has 4 aliphatic carbocycles. The molecule has 5 heteroatoms. The summed E-state index contributed by atoms with van der Waals surface area (Å²) in [5.74, 6) is 1.79. The monoisotopic (exact) mass is 469 g/mol. The zero-order valence-corrected chi connectivity index (χ0v) is 21.7. The van der Waals surface area contributed by atoms with Gasteiger partial charge >= 0.3 is 0 Å². The van der Waals surface area contributed by atoms with Crippen LogP contribution in [0.25, 0.3) is 0 Å². The number of amides is 1. The number of carbonyl (C=O) groups is 3. The molecule has 0 radical (unpaired) electrons. The van der Waals surface area contributed by atoms with Crippen LogP contribution in [0.4, 0.5) is 0 Å². The molecule has 7 atom stereocenters. The molecule has 3 fully saturated rings. The van der Waals surface area contributed by atoms with Crippen LogP contribution in [0, 0.1) is 34.5 Å². The first-order valence-corrected chi connectivity index (χ1v) is 13.4. The molecule has 188 valence electrons. The maximum atomic E-state index is 13.4. The summed E-state index contributed by atoms with van der Waals surface area (Å²) in [4.78, 5) is 37.7. The van der Waals surface area contributed by atoms with E-state index in [-0.39, 0.29) is 40.3 Å². The van der Waals surface area contributed by atoms with Crippen molar-refractivity contribution in [3.05, 3.63) is 22.8 Å². The lowest BCUT2D eigenvalue weighted by atomic mass is 9.47. The molecule has 1 amide bonds. The van der Waals surface area contributed by atoms with E-state index in [1.807, 2.05) is 13.8 Å². The van der Waals surface area contributed by atoms with Gasteiger partial charge in [0.15, 0.2) is 11.6 Å². The average molecular weight is 470 g/mol. The van der Waals surface area contributed by atoms with E-state index in [0.29, 0.717) is 49.1 Å². The number of hydrogen-bond donors (Lipinski definition) is 2. The van der Waals surface area contributed by atoms with Gasteiger partial charge in [-0.2, -0.15) is 0 Å². The van der Waals surface area contributed by atoms with Crippen molar-refractivity contribution in [2.75, 3.05) is 6.54 Å². The van der Waals surface area contributed by atoms with Crippen LogP contribution in [0.15, 0.2) is 22.8 Å². The van der Waals surface area contributed by atoms with Gasteiger partial charge in [-0.05, 0) is 91.9 Å². The number of Topliss-reactive ketones (excluding diaryl/α,β-unsaturated/α-hetero) is 2. The van der Waals surface area contributed by atoms with E-state index < -0.39 is 0 Å². The van der Waals surface area contributed by atoms with Gasteiger partial charge in [0.25, 0.3) is 0 Å². The summed E-state index contributed by atoms with van der Waals surface area (Å²) in [6, 6.07) is 0. The summed E-state index contributed by atoms with van der Waals surface area (Å²) < 4.78 is 0. The Morgan fingerprint density at radius 3 is 2.53 bits per heavy atom. The van der Waals surface area contributed by atoms with E-state index in [0.717, 1.165) is 44.1 Å². The van der Waals surface area contributed by atoms with Gasteiger partial charge < -0.3 is 10.4 Å². The fraction of sp³-hybridized carbons (Fsp3) is 0.759. The number of rotatable bonds is 6. The van der Waals surface area contributed by atoms with Gasteiger partial charge in [-0.1, -0.05) is 32.4 Å². The number of hydrogen-bond acceptors (Lipinski definition) is 4. The molecule has 0 spiro atoms. The van der Waals surface area contributed by atoms with Crippen molar-refractivity contribution >= 4 is 17.5 Å². The predicted octanol–water partition coefficient (Wildman–Crippen LogP) is 4.93. The SMILES string of the molecule is CC(=O)NC[C@H](C)CCC(=O)/C(C)=C1/C(=O)C[C@@H]2[C@H]3CC=C4C[C@@H](O)CC[C@]4(C)[C@@H]3CC[C@@]12C. The number of ketones is 2. The molecule has 0 saturated heterocycles. The number of aliphatic hydroxyl groups excluding tert-OH is 1. The first kappa shape index (κ1) is 25.3. The lowest BCUT2D eigenvalue weighted by Crippen LogP contribution is -2.49.